The van der Waals surface area contributed by atoms with Crippen molar-refractivity contribution in [3.8, 4) is 5.75 Å². The fraction of sp³-hybridized carbons (Fsp3) is 0.393. The summed E-state index contributed by atoms with van der Waals surface area (Å²) in [6.07, 6.45) is 5.35. The van der Waals surface area contributed by atoms with Crippen molar-refractivity contribution in [2.24, 2.45) is 5.41 Å². The zero-order valence-corrected chi connectivity index (χ0v) is 21.1. The number of aliphatic hydroxyl groups is 1. The molecule has 1 aromatic heterocycles. The van der Waals surface area contributed by atoms with E-state index in [0.29, 0.717) is 12.2 Å². The molecule has 2 aliphatic rings. The smallest absolute Gasteiger partial charge is 0.316 e. The lowest BCUT2D eigenvalue weighted by Crippen LogP contribution is -2.31. The Labute approximate surface area is 210 Å². The second kappa shape index (κ2) is 9.25. The quantitative estimate of drug-likeness (QED) is 0.278. The van der Waals surface area contributed by atoms with Gasteiger partial charge in [-0.2, -0.15) is 0 Å². The first-order valence-electron chi connectivity index (χ1n) is 12.2. The molecular weight excluding hydrogens is 462 g/mol. The molecule has 0 radical (unpaired) electrons. The van der Waals surface area contributed by atoms with Gasteiger partial charge in [-0.15, -0.1) is 0 Å². The molecule has 5 rings (SSSR count). The first-order valence-corrected chi connectivity index (χ1v) is 12.5. The highest BCUT2D eigenvalue weighted by Crippen LogP contribution is 2.42. The van der Waals surface area contributed by atoms with Gasteiger partial charge in [-0.05, 0) is 86.5 Å². The van der Waals surface area contributed by atoms with E-state index < -0.39 is 11.5 Å². The lowest BCUT2D eigenvalue weighted by Gasteiger charge is -2.29. The lowest BCUT2D eigenvalue weighted by atomic mass is 9.94. The Morgan fingerprint density at radius 3 is 2.63 bits per heavy atom. The molecule has 182 valence electrons. The number of hydrogen-bond donors (Lipinski definition) is 1. The van der Waals surface area contributed by atoms with Crippen molar-refractivity contribution in [3.05, 3.63) is 64.6 Å². The summed E-state index contributed by atoms with van der Waals surface area (Å²) in [5.74, 6) is 1.09. The number of carbonyl (C=O) groups is 1. The van der Waals surface area contributed by atoms with E-state index in [1.165, 1.54) is 6.42 Å². The van der Waals surface area contributed by atoms with Crippen LogP contribution in [0.5, 0.6) is 5.75 Å². The normalized spacial score (nSPS) is 16.7. The third-order valence-corrected chi connectivity index (χ3v) is 6.88. The molecule has 1 saturated heterocycles. The van der Waals surface area contributed by atoms with E-state index in [-0.39, 0.29) is 11.3 Å². The van der Waals surface area contributed by atoms with Crippen LogP contribution in [0.3, 0.4) is 0 Å². The number of carbonyl (C=O) groups excluding carboxylic acids is 1. The fourth-order valence-electron chi connectivity index (χ4n) is 4.81. The number of esters is 1. The minimum atomic E-state index is -0.872. The van der Waals surface area contributed by atoms with E-state index in [9.17, 15) is 9.90 Å². The molecule has 0 bridgehead atoms. The number of piperidine rings is 1. The number of allylic oxidation sites excluding steroid dienone is 1. The summed E-state index contributed by atoms with van der Waals surface area (Å²) in [6, 6.07) is 11.3. The van der Waals surface area contributed by atoms with Crippen LogP contribution in [0, 0.1) is 5.41 Å². The van der Waals surface area contributed by atoms with Crippen molar-refractivity contribution in [2.45, 2.75) is 52.6 Å². The third-order valence-electron chi connectivity index (χ3n) is 6.71. The average molecular weight is 492 g/mol. The standard InChI is InChI=1S/C28H30ClN3O3/c1-28(2,3)26(34)35-18-10-11-19-17(16-18)8-7-9-20(19)24(33)21-12-13-22-23(21)30-27(29)31-25(22)32-14-5-4-6-15-32/h7-12,16,24,33H,4-6,13-15H2,1-3H3. The van der Waals surface area contributed by atoms with Gasteiger partial charge in [0.2, 0.25) is 5.28 Å². The molecule has 1 atom stereocenters. The summed E-state index contributed by atoms with van der Waals surface area (Å²) in [5.41, 5.74) is 2.68. The number of hydrogen-bond acceptors (Lipinski definition) is 6. The van der Waals surface area contributed by atoms with Gasteiger partial charge in [0.1, 0.15) is 17.7 Å². The van der Waals surface area contributed by atoms with Crippen LogP contribution in [0.25, 0.3) is 16.3 Å². The van der Waals surface area contributed by atoms with E-state index in [1.54, 1.807) is 6.07 Å². The number of aliphatic hydroxyl groups excluding tert-OH is 1. The molecule has 3 aromatic rings. The first kappa shape index (κ1) is 23.8. The Morgan fingerprint density at radius 1 is 1.11 bits per heavy atom. The molecule has 1 N–H and O–H groups in total. The molecule has 35 heavy (non-hydrogen) atoms. The van der Waals surface area contributed by atoms with Gasteiger partial charge in [0.25, 0.3) is 0 Å². The SMILES string of the molecule is CC(C)(C)C(=O)Oc1ccc2c(C(O)C3=CCc4c3nc(Cl)nc4N3CCCCC3)cccc2c1. The third kappa shape index (κ3) is 4.65. The summed E-state index contributed by atoms with van der Waals surface area (Å²) < 4.78 is 5.57. The number of halogens is 1. The van der Waals surface area contributed by atoms with E-state index in [4.69, 9.17) is 16.3 Å². The lowest BCUT2D eigenvalue weighted by molar-refractivity contribution is -0.142. The highest BCUT2D eigenvalue weighted by molar-refractivity contribution is 6.28. The second-order valence-electron chi connectivity index (χ2n) is 10.3. The summed E-state index contributed by atoms with van der Waals surface area (Å²) in [5, 5.41) is 13.5. The van der Waals surface area contributed by atoms with Crippen molar-refractivity contribution < 1.29 is 14.6 Å². The number of anilines is 1. The summed E-state index contributed by atoms with van der Waals surface area (Å²) >= 11 is 6.35. The van der Waals surface area contributed by atoms with Crippen LogP contribution in [0.2, 0.25) is 5.28 Å². The summed E-state index contributed by atoms with van der Waals surface area (Å²) in [4.78, 5) is 23.7. The van der Waals surface area contributed by atoms with Gasteiger partial charge < -0.3 is 14.7 Å². The number of ether oxygens (including phenoxy) is 1. The molecule has 1 unspecified atom stereocenters. The van der Waals surface area contributed by atoms with Crippen LogP contribution in [0.15, 0.2) is 42.5 Å². The topological polar surface area (TPSA) is 75.5 Å². The Bertz CT molecular complexity index is 1320. The number of benzene rings is 2. The molecule has 0 saturated carbocycles. The summed E-state index contributed by atoms with van der Waals surface area (Å²) in [7, 11) is 0. The van der Waals surface area contributed by atoms with Gasteiger partial charge in [0.05, 0.1) is 11.1 Å². The molecule has 1 fully saturated rings. The van der Waals surface area contributed by atoms with Gasteiger partial charge in [-0.25, -0.2) is 9.97 Å². The van der Waals surface area contributed by atoms with Gasteiger partial charge in [-0.3, -0.25) is 4.79 Å². The Kier molecular flexibility index (Phi) is 6.28. The van der Waals surface area contributed by atoms with Gasteiger partial charge in [0, 0.05) is 24.2 Å². The van der Waals surface area contributed by atoms with Gasteiger partial charge in [0.15, 0.2) is 0 Å². The highest BCUT2D eigenvalue weighted by Gasteiger charge is 2.30. The van der Waals surface area contributed by atoms with Crippen molar-refractivity contribution in [1.29, 1.82) is 0 Å². The van der Waals surface area contributed by atoms with Crippen molar-refractivity contribution >= 4 is 39.7 Å². The van der Waals surface area contributed by atoms with E-state index in [2.05, 4.69) is 14.9 Å². The molecule has 0 spiro atoms. The monoisotopic (exact) mass is 491 g/mol. The number of rotatable bonds is 4. The number of fused-ring (bicyclic) bond motifs is 2. The fourth-order valence-corrected chi connectivity index (χ4v) is 4.97. The average Bonchev–Trinajstić information content (AvgIpc) is 3.26. The van der Waals surface area contributed by atoms with E-state index >= 15 is 0 Å². The molecular formula is C28H30ClN3O3. The molecule has 1 aliphatic carbocycles. The van der Waals surface area contributed by atoms with Crippen LogP contribution in [-0.4, -0.2) is 34.1 Å². The first-order chi connectivity index (χ1) is 16.7. The predicted molar refractivity (Wildman–Crippen MR) is 139 cm³/mol. The molecule has 7 heteroatoms. The van der Waals surface area contributed by atoms with Gasteiger partial charge >= 0.3 is 5.97 Å². The Hall–Kier alpha value is -2.96. The second-order valence-corrected chi connectivity index (χ2v) is 10.7. The van der Waals surface area contributed by atoms with Gasteiger partial charge in [-0.1, -0.05) is 30.3 Å². The van der Waals surface area contributed by atoms with E-state index in [1.807, 2.05) is 57.2 Å². The van der Waals surface area contributed by atoms with Crippen LogP contribution < -0.4 is 9.64 Å². The van der Waals surface area contributed by atoms with Crippen LogP contribution in [-0.2, 0) is 11.2 Å². The molecule has 1 aliphatic heterocycles. The van der Waals surface area contributed by atoms with Crippen LogP contribution in [0.1, 0.15) is 63.0 Å². The van der Waals surface area contributed by atoms with Crippen LogP contribution >= 0.6 is 11.6 Å². The van der Waals surface area contributed by atoms with Crippen molar-refractivity contribution in [1.82, 2.24) is 9.97 Å². The zero-order valence-electron chi connectivity index (χ0n) is 20.3. The minimum Gasteiger partial charge on any atom is -0.426 e. The number of nitrogens with zero attached hydrogens (tertiary/aromatic N) is 3. The van der Waals surface area contributed by atoms with Crippen molar-refractivity contribution in [2.75, 3.05) is 18.0 Å². The Morgan fingerprint density at radius 2 is 1.89 bits per heavy atom. The van der Waals surface area contributed by atoms with E-state index in [0.717, 1.165) is 64.9 Å². The van der Waals surface area contributed by atoms with Crippen LogP contribution in [0.4, 0.5) is 5.82 Å². The molecule has 2 aromatic carbocycles. The number of aromatic nitrogens is 2. The maximum Gasteiger partial charge on any atom is 0.316 e. The maximum atomic E-state index is 12.3. The molecule has 0 amide bonds. The highest BCUT2D eigenvalue weighted by atomic mass is 35.5. The minimum absolute atomic E-state index is 0.201. The Balaban J connectivity index is 1.47. The molecule has 6 nitrogen and oxygen atoms in total. The predicted octanol–water partition coefficient (Wildman–Crippen LogP) is 5.90. The largest absolute Gasteiger partial charge is 0.426 e. The molecule has 2 heterocycles. The van der Waals surface area contributed by atoms with Crippen molar-refractivity contribution in [3.63, 3.8) is 0 Å². The maximum absolute atomic E-state index is 12.3. The zero-order chi connectivity index (χ0) is 24.7. The summed E-state index contributed by atoms with van der Waals surface area (Å²) in [6.45, 7) is 7.39.